The number of benzene rings is 1. The molecule has 92 valence electrons. The number of ether oxygens (including phenoxy) is 2. The maximum atomic E-state index is 12.0. The summed E-state index contributed by atoms with van der Waals surface area (Å²) >= 11 is 0. The molecule has 7 heteroatoms. The van der Waals surface area contributed by atoms with Crippen molar-refractivity contribution in [1.29, 1.82) is 0 Å². The fraction of sp³-hybridized carbons (Fsp3) is 0.400. The smallest absolute Gasteiger partial charge is 0.303 e. The van der Waals surface area contributed by atoms with Gasteiger partial charge in [-0.3, -0.25) is 4.31 Å². The van der Waals surface area contributed by atoms with E-state index < -0.39 is 10.2 Å². The quantitative estimate of drug-likeness (QED) is 0.735. The highest BCUT2D eigenvalue weighted by Crippen LogP contribution is 2.36. The van der Waals surface area contributed by atoms with Crippen molar-refractivity contribution in [2.75, 3.05) is 31.2 Å². The van der Waals surface area contributed by atoms with Crippen LogP contribution in [-0.4, -0.2) is 39.7 Å². The number of hydrogen-bond donors (Lipinski definition) is 0. The van der Waals surface area contributed by atoms with Gasteiger partial charge in [0.15, 0.2) is 11.5 Å². The van der Waals surface area contributed by atoms with Crippen molar-refractivity contribution in [3.8, 4) is 11.5 Å². The summed E-state index contributed by atoms with van der Waals surface area (Å²) < 4.78 is 37.0. The van der Waals surface area contributed by atoms with Crippen molar-refractivity contribution < 1.29 is 17.9 Å². The summed E-state index contributed by atoms with van der Waals surface area (Å²) in [4.78, 5) is 0. The minimum absolute atomic E-state index is 0.182. The van der Waals surface area contributed by atoms with E-state index in [2.05, 4.69) is 0 Å². The van der Waals surface area contributed by atoms with Crippen LogP contribution in [0.4, 0.5) is 5.69 Å². The van der Waals surface area contributed by atoms with E-state index in [9.17, 15) is 8.42 Å². The van der Waals surface area contributed by atoms with E-state index in [-0.39, 0.29) is 6.79 Å². The third-order valence-corrected chi connectivity index (χ3v) is 4.72. The number of anilines is 1. The van der Waals surface area contributed by atoms with E-state index in [4.69, 9.17) is 9.47 Å². The summed E-state index contributed by atoms with van der Waals surface area (Å²) in [5.41, 5.74) is 0.571. The van der Waals surface area contributed by atoms with Crippen LogP contribution in [0.1, 0.15) is 0 Å². The van der Waals surface area contributed by atoms with Crippen LogP contribution < -0.4 is 13.8 Å². The summed E-state index contributed by atoms with van der Waals surface area (Å²) in [7, 11) is -1.83. The van der Waals surface area contributed by atoms with E-state index in [1.54, 1.807) is 18.2 Å². The average molecular weight is 256 g/mol. The molecule has 1 fully saturated rings. The molecular weight excluding hydrogens is 244 g/mol. The van der Waals surface area contributed by atoms with Crippen LogP contribution in [0.5, 0.6) is 11.5 Å². The van der Waals surface area contributed by atoms with Crippen molar-refractivity contribution in [2.24, 2.45) is 0 Å². The lowest BCUT2D eigenvalue weighted by Gasteiger charge is -2.19. The van der Waals surface area contributed by atoms with Gasteiger partial charge < -0.3 is 9.47 Å². The van der Waals surface area contributed by atoms with Crippen molar-refractivity contribution in [1.82, 2.24) is 4.31 Å². The van der Waals surface area contributed by atoms with Crippen LogP contribution in [0.25, 0.3) is 0 Å². The fourth-order valence-electron chi connectivity index (χ4n) is 1.66. The Morgan fingerprint density at radius 2 is 1.94 bits per heavy atom. The maximum absolute atomic E-state index is 12.0. The second-order valence-electron chi connectivity index (χ2n) is 3.91. The molecule has 0 unspecified atom stereocenters. The van der Waals surface area contributed by atoms with Crippen molar-refractivity contribution in [3.63, 3.8) is 0 Å². The van der Waals surface area contributed by atoms with Gasteiger partial charge in [-0.1, -0.05) is 0 Å². The Labute approximate surface area is 99.5 Å². The molecule has 1 aromatic carbocycles. The van der Waals surface area contributed by atoms with E-state index in [0.29, 0.717) is 30.3 Å². The zero-order valence-electron chi connectivity index (χ0n) is 9.29. The number of nitrogens with zero attached hydrogens (tertiary/aromatic N) is 2. The SMILES string of the molecule is CN(c1ccc2c(c1)OCO2)S(=O)(=O)N1CC1. The van der Waals surface area contributed by atoms with Gasteiger partial charge >= 0.3 is 10.2 Å². The van der Waals surface area contributed by atoms with Gasteiger partial charge in [0.25, 0.3) is 0 Å². The summed E-state index contributed by atoms with van der Waals surface area (Å²) in [5.74, 6) is 1.22. The Kier molecular flexibility index (Phi) is 2.20. The largest absolute Gasteiger partial charge is 0.454 e. The molecule has 0 radical (unpaired) electrons. The lowest BCUT2D eigenvalue weighted by Crippen LogP contribution is -2.32. The van der Waals surface area contributed by atoms with Crippen molar-refractivity contribution >= 4 is 15.9 Å². The van der Waals surface area contributed by atoms with Crippen molar-refractivity contribution in [2.45, 2.75) is 0 Å². The number of rotatable bonds is 3. The zero-order valence-corrected chi connectivity index (χ0v) is 10.1. The molecule has 1 aromatic rings. The predicted molar refractivity (Wildman–Crippen MR) is 61.5 cm³/mol. The maximum Gasteiger partial charge on any atom is 0.303 e. The summed E-state index contributed by atoms with van der Waals surface area (Å²) in [5, 5.41) is 0. The van der Waals surface area contributed by atoms with Crippen LogP contribution in [0.15, 0.2) is 18.2 Å². The predicted octanol–water partition coefficient (Wildman–Crippen LogP) is 0.412. The Morgan fingerprint density at radius 1 is 1.24 bits per heavy atom. The molecule has 0 saturated carbocycles. The van der Waals surface area contributed by atoms with Gasteiger partial charge in [-0.05, 0) is 12.1 Å². The Hall–Kier alpha value is -1.47. The second-order valence-corrected chi connectivity index (χ2v) is 5.87. The second kappa shape index (κ2) is 3.51. The average Bonchev–Trinajstić information content (AvgIpc) is 3.07. The normalized spacial score (nSPS) is 18.2. The topological polar surface area (TPSA) is 58.9 Å². The minimum Gasteiger partial charge on any atom is -0.454 e. The number of fused-ring (bicyclic) bond motifs is 1. The third-order valence-electron chi connectivity index (χ3n) is 2.80. The fourth-order valence-corrected chi connectivity index (χ4v) is 2.93. The highest BCUT2D eigenvalue weighted by Gasteiger charge is 2.35. The number of hydrogen-bond acceptors (Lipinski definition) is 4. The van der Waals surface area contributed by atoms with Gasteiger partial charge in [-0.25, -0.2) is 0 Å². The van der Waals surface area contributed by atoms with Crippen LogP contribution in [0.3, 0.4) is 0 Å². The lowest BCUT2D eigenvalue weighted by molar-refractivity contribution is 0.174. The Bertz CT molecular complexity index is 553. The Morgan fingerprint density at radius 3 is 2.65 bits per heavy atom. The first-order valence-electron chi connectivity index (χ1n) is 5.23. The molecule has 0 aliphatic carbocycles. The van der Waals surface area contributed by atoms with Crippen LogP contribution in [0.2, 0.25) is 0 Å². The molecular formula is C10H12N2O4S. The standard InChI is InChI=1S/C10H12N2O4S/c1-11(17(13,14)12-4-5-12)8-2-3-9-10(6-8)16-7-15-9/h2-3,6H,4-5,7H2,1H3. The molecule has 0 N–H and O–H groups in total. The molecule has 2 aliphatic heterocycles. The zero-order chi connectivity index (χ0) is 12.0. The van der Waals surface area contributed by atoms with Gasteiger partial charge in [0, 0.05) is 26.2 Å². The first kappa shape index (κ1) is 10.7. The molecule has 1 saturated heterocycles. The third kappa shape index (κ3) is 1.71. The summed E-state index contributed by atoms with van der Waals surface area (Å²) in [6, 6.07) is 5.09. The minimum atomic E-state index is -3.37. The highest BCUT2D eigenvalue weighted by molar-refractivity contribution is 7.90. The van der Waals surface area contributed by atoms with Gasteiger partial charge in [0.05, 0.1) is 5.69 Å². The molecule has 0 aromatic heterocycles. The highest BCUT2D eigenvalue weighted by atomic mass is 32.2. The van der Waals surface area contributed by atoms with E-state index in [1.165, 1.54) is 15.7 Å². The molecule has 0 bridgehead atoms. The van der Waals surface area contributed by atoms with E-state index in [0.717, 1.165) is 0 Å². The lowest BCUT2D eigenvalue weighted by atomic mass is 10.3. The summed E-state index contributed by atoms with van der Waals surface area (Å²) in [6.45, 7) is 1.37. The van der Waals surface area contributed by atoms with Crippen LogP contribution >= 0.6 is 0 Å². The molecule has 17 heavy (non-hydrogen) atoms. The molecule has 0 amide bonds. The molecule has 3 rings (SSSR count). The van der Waals surface area contributed by atoms with Gasteiger partial charge in [0.2, 0.25) is 6.79 Å². The molecule has 0 atom stereocenters. The van der Waals surface area contributed by atoms with Crippen LogP contribution in [-0.2, 0) is 10.2 Å². The van der Waals surface area contributed by atoms with Gasteiger partial charge in [-0.2, -0.15) is 12.7 Å². The van der Waals surface area contributed by atoms with Gasteiger partial charge in [0.1, 0.15) is 0 Å². The van der Waals surface area contributed by atoms with Gasteiger partial charge in [-0.15, -0.1) is 0 Å². The van der Waals surface area contributed by atoms with E-state index >= 15 is 0 Å². The van der Waals surface area contributed by atoms with E-state index in [1.807, 2.05) is 0 Å². The first-order chi connectivity index (χ1) is 8.09. The monoisotopic (exact) mass is 256 g/mol. The van der Waals surface area contributed by atoms with Crippen molar-refractivity contribution in [3.05, 3.63) is 18.2 Å². The molecule has 2 aliphatic rings. The first-order valence-corrected chi connectivity index (χ1v) is 6.62. The molecule has 2 heterocycles. The molecule has 0 spiro atoms. The molecule has 6 nitrogen and oxygen atoms in total. The summed E-state index contributed by atoms with van der Waals surface area (Å²) in [6.07, 6.45) is 0. The Balaban J connectivity index is 1.94. The van der Waals surface area contributed by atoms with Crippen LogP contribution in [0, 0.1) is 0 Å².